The summed E-state index contributed by atoms with van der Waals surface area (Å²) in [5, 5.41) is 8.93. The molecule has 0 bridgehead atoms. The van der Waals surface area contributed by atoms with Crippen LogP contribution in [0.25, 0.3) is 0 Å². The average molecular weight is 130 g/mol. The van der Waals surface area contributed by atoms with E-state index in [1.807, 2.05) is 0 Å². The molecule has 9 heavy (non-hydrogen) atoms. The molecule has 0 aliphatic carbocycles. The van der Waals surface area contributed by atoms with Gasteiger partial charge < -0.3 is 14.6 Å². The second kappa shape index (κ2) is 1.94. The first-order chi connectivity index (χ1) is 4.36. The molecular weight excluding hydrogens is 120 g/mol. The Labute approximate surface area is 53.6 Å². The molecule has 0 saturated carbocycles. The smallest absolute Gasteiger partial charge is 0.157 e. The summed E-state index contributed by atoms with van der Waals surface area (Å²) in [6, 6.07) is 0. The summed E-state index contributed by atoms with van der Waals surface area (Å²) in [6.07, 6.45) is 1.40. The Morgan fingerprint density at radius 3 is 3.00 bits per heavy atom. The fourth-order valence-electron chi connectivity index (χ4n) is 1.46. The van der Waals surface area contributed by atoms with Crippen LogP contribution in [-0.2, 0) is 9.47 Å². The third-order valence-electron chi connectivity index (χ3n) is 1.91. The lowest BCUT2D eigenvalue weighted by atomic mass is 10.2. The van der Waals surface area contributed by atoms with Gasteiger partial charge in [-0.15, -0.1) is 0 Å². The van der Waals surface area contributed by atoms with E-state index in [0.29, 0.717) is 6.42 Å². The van der Waals surface area contributed by atoms with Crippen LogP contribution in [0.5, 0.6) is 0 Å². The summed E-state index contributed by atoms with van der Waals surface area (Å²) in [6.45, 7) is 0.794. The molecule has 0 aromatic carbocycles. The van der Waals surface area contributed by atoms with Crippen molar-refractivity contribution in [2.75, 3.05) is 6.61 Å². The first kappa shape index (κ1) is 5.65. The average Bonchev–Trinajstić information content (AvgIpc) is 2.22. The zero-order valence-corrected chi connectivity index (χ0v) is 5.12. The molecule has 0 aromatic rings. The van der Waals surface area contributed by atoms with E-state index < -0.39 is 6.29 Å². The van der Waals surface area contributed by atoms with Crippen molar-refractivity contribution in [2.45, 2.75) is 31.3 Å². The fraction of sp³-hybridized carbons (Fsp3) is 1.00. The molecule has 3 atom stereocenters. The van der Waals surface area contributed by atoms with Crippen LogP contribution in [0.2, 0.25) is 0 Å². The maximum absolute atomic E-state index is 8.93. The van der Waals surface area contributed by atoms with Gasteiger partial charge in [-0.25, -0.2) is 0 Å². The lowest BCUT2D eigenvalue weighted by molar-refractivity contribution is -0.0893. The van der Waals surface area contributed by atoms with Crippen LogP contribution in [0.1, 0.15) is 12.8 Å². The Morgan fingerprint density at radius 1 is 1.33 bits per heavy atom. The Morgan fingerprint density at radius 2 is 2.22 bits per heavy atom. The van der Waals surface area contributed by atoms with Crippen molar-refractivity contribution in [3.63, 3.8) is 0 Å². The lowest BCUT2D eigenvalue weighted by Gasteiger charge is -2.03. The van der Waals surface area contributed by atoms with Crippen molar-refractivity contribution in [1.82, 2.24) is 0 Å². The lowest BCUT2D eigenvalue weighted by Crippen LogP contribution is -2.13. The molecule has 2 aliphatic rings. The maximum Gasteiger partial charge on any atom is 0.157 e. The van der Waals surface area contributed by atoms with E-state index in [0.717, 1.165) is 13.0 Å². The monoisotopic (exact) mass is 130 g/mol. The molecule has 1 N–H and O–H groups in total. The fourth-order valence-corrected chi connectivity index (χ4v) is 1.46. The van der Waals surface area contributed by atoms with Crippen molar-refractivity contribution in [3.05, 3.63) is 0 Å². The first-order valence-electron chi connectivity index (χ1n) is 3.31. The van der Waals surface area contributed by atoms with E-state index in [9.17, 15) is 0 Å². The third kappa shape index (κ3) is 0.852. The molecule has 2 fully saturated rings. The quantitative estimate of drug-likeness (QED) is 0.497. The van der Waals surface area contributed by atoms with Crippen molar-refractivity contribution in [1.29, 1.82) is 0 Å². The molecule has 0 spiro atoms. The summed E-state index contributed by atoms with van der Waals surface area (Å²) < 4.78 is 10.4. The van der Waals surface area contributed by atoms with Crippen LogP contribution in [0.4, 0.5) is 0 Å². The highest BCUT2D eigenvalue weighted by molar-refractivity contribution is 4.83. The predicted octanol–water partition coefficient (Wildman–Crippen LogP) is -0.117. The van der Waals surface area contributed by atoms with Crippen LogP contribution < -0.4 is 0 Å². The number of hydrogen-bond acceptors (Lipinski definition) is 3. The number of ether oxygens (including phenoxy) is 2. The molecule has 2 saturated heterocycles. The minimum atomic E-state index is -0.569. The van der Waals surface area contributed by atoms with Gasteiger partial charge in [-0.05, 0) is 6.42 Å². The van der Waals surface area contributed by atoms with Gasteiger partial charge in [-0.3, -0.25) is 0 Å². The van der Waals surface area contributed by atoms with Crippen LogP contribution in [0.15, 0.2) is 0 Å². The largest absolute Gasteiger partial charge is 0.375 e. The van der Waals surface area contributed by atoms with Crippen LogP contribution in [0, 0.1) is 0 Å². The topological polar surface area (TPSA) is 38.7 Å². The molecular formula is C6H10O3. The molecule has 1 unspecified atom stereocenters. The molecule has 2 rings (SSSR count). The van der Waals surface area contributed by atoms with Gasteiger partial charge in [0.25, 0.3) is 0 Å². The Hall–Kier alpha value is -0.120. The molecule has 3 nitrogen and oxygen atoms in total. The van der Waals surface area contributed by atoms with E-state index in [4.69, 9.17) is 14.6 Å². The second-order valence-electron chi connectivity index (χ2n) is 2.56. The van der Waals surface area contributed by atoms with Gasteiger partial charge in [-0.1, -0.05) is 0 Å². The Bertz CT molecular complexity index is 103. The Balaban J connectivity index is 2.02. The molecule has 0 radical (unpaired) electrons. The molecule has 2 aliphatic heterocycles. The van der Waals surface area contributed by atoms with Gasteiger partial charge >= 0.3 is 0 Å². The van der Waals surface area contributed by atoms with Gasteiger partial charge in [0.15, 0.2) is 6.29 Å². The highest BCUT2D eigenvalue weighted by atomic mass is 16.6. The number of aliphatic hydroxyl groups is 1. The van der Waals surface area contributed by atoms with Crippen molar-refractivity contribution < 1.29 is 14.6 Å². The Kier molecular flexibility index (Phi) is 1.22. The number of aliphatic hydroxyl groups excluding tert-OH is 1. The van der Waals surface area contributed by atoms with Gasteiger partial charge in [0.2, 0.25) is 0 Å². The van der Waals surface area contributed by atoms with Gasteiger partial charge in [0.05, 0.1) is 12.2 Å². The van der Waals surface area contributed by atoms with Crippen molar-refractivity contribution >= 4 is 0 Å². The zero-order chi connectivity index (χ0) is 6.27. The molecule has 2 heterocycles. The number of rotatable bonds is 0. The third-order valence-corrected chi connectivity index (χ3v) is 1.91. The molecule has 3 heteroatoms. The van der Waals surface area contributed by atoms with Gasteiger partial charge in [0.1, 0.15) is 0 Å². The summed E-state index contributed by atoms with van der Waals surface area (Å²) in [4.78, 5) is 0. The van der Waals surface area contributed by atoms with E-state index in [1.54, 1.807) is 0 Å². The summed E-state index contributed by atoms with van der Waals surface area (Å²) in [5.74, 6) is 0. The highest BCUT2D eigenvalue weighted by Crippen LogP contribution is 2.28. The summed E-state index contributed by atoms with van der Waals surface area (Å²) in [7, 11) is 0. The van der Waals surface area contributed by atoms with Crippen molar-refractivity contribution in [3.8, 4) is 0 Å². The number of fused-ring (bicyclic) bond motifs is 1. The van der Waals surface area contributed by atoms with Crippen LogP contribution >= 0.6 is 0 Å². The molecule has 0 amide bonds. The summed E-state index contributed by atoms with van der Waals surface area (Å²) in [5.41, 5.74) is 0. The van der Waals surface area contributed by atoms with E-state index in [2.05, 4.69) is 0 Å². The minimum Gasteiger partial charge on any atom is -0.375 e. The predicted molar refractivity (Wildman–Crippen MR) is 29.9 cm³/mol. The van der Waals surface area contributed by atoms with Crippen LogP contribution in [0.3, 0.4) is 0 Å². The zero-order valence-electron chi connectivity index (χ0n) is 5.12. The summed E-state index contributed by atoms with van der Waals surface area (Å²) >= 11 is 0. The number of hydrogen-bond donors (Lipinski definition) is 1. The minimum absolute atomic E-state index is 0.181. The van der Waals surface area contributed by atoms with Crippen molar-refractivity contribution in [2.24, 2.45) is 0 Å². The molecule has 0 aromatic heterocycles. The van der Waals surface area contributed by atoms with Gasteiger partial charge in [-0.2, -0.15) is 0 Å². The van der Waals surface area contributed by atoms with E-state index >= 15 is 0 Å². The molecule has 52 valence electrons. The van der Waals surface area contributed by atoms with E-state index in [-0.39, 0.29) is 12.2 Å². The van der Waals surface area contributed by atoms with E-state index in [1.165, 1.54) is 0 Å². The maximum atomic E-state index is 8.93. The normalized spacial score (nSPS) is 49.7. The van der Waals surface area contributed by atoms with Gasteiger partial charge in [0, 0.05) is 13.0 Å². The standard InChI is InChI=1S/C6H10O3/c7-6-3-5-4(9-6)1-2-8-5/h4-7H,1-3H2/t4-,5-,6?/m1/s1. The SMILES string of the molecule is OC1C[C@H]2OCC[C@H]2O1. The van der Waals surface area contributed by atoms with Crippen LogP contribution in [-0.4, -0.2) is 30.2 Å². The highest BCUT2D eigenvalue weighted by Gasteiger charge is 2.38. The second-order valence-corrected chi connectivity index (χ2v) is 2.56. The first-order valence-corrected chi connectivity index (χ1v) is 3.31.